The van der Waals surface area contributed by atoms with Gasteiger partial charge in [0.2, 0.25) is 5.75 Å². The predicted molar refractivity (Wildman–Crippen MR) is 124 cm³/mol. The van der Waals surface area contributed by atoms with E-state index in [1.165, 1.54) is 27.8 Å². The Morgan fingerprint density at radius 1 is 1.16 bits per heavy atom. The number of hydrogen-bond donors (Lipinski definition) is 0. The molecule has 0 spiro atoms. The summed E-state index contributed by atoms with van der Waals surface area (Å²) in [4.78, 5) is 23.8. The molecule has 31 heavy (non-hydrogen) atoms. The van der Waals surface area contributed by atoms with Gasteiger partial charge in [-0.05, 0) is 52.7 Å². The fraction of sp³-hybridized carbons (Fsp3) is 0.375. The molecule has 0 bridgehead atoms. The maximum atomic E-state index is 13.1. The van der Waals surface area contributed by atoms with Crippen LogP contribution in [0.4, 0.5) is 5.69 Å². The van der Waals surface area contributed by atoms with Crippen molar-refractivity contribution >= 4 is 16.6 Å². The molecule has 0 radical (unpaired) electrons. The number of allylic oxidation sites excluding steroid dienone is 3. The van der Waals surface area contributed by atoms with Gasteiger partial charge in [0, 0.05) is 24.1 Å². The first-order valence-electron chi connectivity index (χ1n) is 10.3. The number of ether oxygens (including phenoxy) is 2. The van der Waals surface area contributed by atoms with Gasteiger partial charge in [0.25, 0.3) is 11.2 Å². The summed E-state index contributed by atoms with van der Waals surface area (Å²) in [6, 6.07) is 4.39. The van der Waals surface area contributed by atoms with Crippen molar-refractivity contribution in [3.05, 3.63) is 74.6 Å². The molecule has 2 rings (SSSR count). The SMILES string of the molecule is C=CCOc1c(OCC=C(C)CCC=C(C)C)c2ccc([N+](=O)[O-])cc2n(CC)c1=O. The van der Waals surface area contributed by atoms with Crippen LogP contribution in [0.2, 0.25) is 0 Å². The number of aromatic nitrogens is 1. The normalized spacial score (nSPS) is 11.3. The third-order valence-corrected chi connectivity index (χ3v) is 4.79. The third kappa shape index (κ3) is 6.07. The lowest BCUT2D eigenvalue weighted by Gasteiger charge is -2.17. The topological polar surface area (TPSA) is 83.6 Å². The van der Waals surface area contributed by atoms with Gasteiger partial charge in [-0.15, -0.1) is 0 Å². The summed E-state index contributed by atoms with van der Waals surface area (Å²) in [6.45, 7) is 12.4. The maximum absolute atomic E-state index is 13.1. The fourth-order valence-corrected chi connectivity index (χ4v) is 3.18. The molecule has 1 aromatic heterocycles. The highest BCUT2D eigenvalue weighted by Gasteiger charge is 2.21. The van der Waals surface area contributed by atoms with E-state index in [0.29, 0.717) is 17.4 Å². The Balaban J connectivity index is 2.49. The zero-order chi connectivity index (χ0) is 23.0. The van der Waals surface area contributed by atoms with Crippen LogP contribution in [0, 0.1) is 10.1 Å². The number of nitrogens with zero attached hydrogens (tertiary/aromatic N) is 2. The van der Waals surface area contributed by atoms with Gasteiger partial charge in [-0.25, -0.2) is 0 Å². The van der Waals surface area contributed by atoms with E-state index in [0.717, 1.165) is 12.8 Å². The Morgan fingerprint density at radius 2 is 1.87 bits per heavy atom. The van der Waals surface area contributed by atoms with Crippen LogP contribution in [0.3, 0.4) is 0 Å². The second-order valence-electron chi connectivity index (χ2n) is 7.45. The molecule has 0 aliphatic rings. The van der Waals surface area contributed by atoms with E-state index >= 15 is 0 Å². The number of rotatable bonds is 11. The molecule has 1 aromatic carbocycles. The van der Waals surface area contributed by atoms with Crippen molar-refractivity contribution in [3.8, 4) is 11.5 Å². The molecule has 0 atom stereocenters. The molecule has 1 heterocycles. The monoisotopic (exact) mass is 426 g/mol. The minimum Gasteiger partial charge on any atom is -0.485 e. The van der Waals surface area contributed by atoms with Gasteiger partial charge < -0.3 is 14.0 Å². The Labute approximate surface area is 182 Å². The highest BCUT2D eigenvalue weighted by molar-refractivity contribution is 5.89. The van der Waals surface area contributed by atoms with E-state index in [-0.39, 0.29) is 30.4 Å². The number of aryl methyl sites for hydroxylation is 1. The fourth-order valence-electron chi connectivity index (χ4n) is 3.18. The first-order chi connectivity index (χ1) is 14.8. The van der Waals surface area contributed by atoms with E-state index in [4.69, 9.17) is 9.47 Å². The molecule has 0 fully saturated rings. The number of nitro groups is 1. The smallest absolute Gasteiger partial charge is 0.297 e. The lowest BCUT2D eigenvalue weighted by molar-refractivity contribution is -0.384. The highest BCUT2D eigenvalue weighted by atomic mass is 16.6. The molecule has 0 unspecified atom stereocenters. The van der Waals surface area contributed by atoms with Crippen LogP contribution in [0.15, 0.2) is 58.9 Å². The van der Waals surface area contributed by atoms with Gasteiger partial charge in [-0.1, -0.05) is 29.9 Å². The first kappa shape index (κ1) is 23.9. The Hall–Kier alpha value is -3.35. The molecule has 7 heteroatoms. The quantitative estimate of drug-likeness (QED) is 0.267. The van der Waals surface area contributed by atoms with Gasteiger partial charge in [-0.2, -0.15) is 0 Å². The summed E-state index contributed by atoms with van der Waals surface area (Å²) in [5, 5.41) is 11.8. The van der Waals surface area contributed by atoms with Gasteiger partial charge in [-0.3, -0.25) is 14.9 Å². The Morgan fingerprint density at radius 3 is 2.48 bits per heavy atom. The number of fused-ring (bicyclic) bond motifs is 1. The summed E-state index contributed by atoms with van der Waals surface area (Å²) in [6.07, 6.45) is 7.58. The molecular weight excluding hydrogens is 396 g/mol. The van der Waals surface area contributed by atoms with Crippen molar-refractivity contribution < 1.29 is 14.4 Å². The number of nitro benzene ring substituents is 1. The Bertz CT molecular complexity index is 1080. The second kappa shape index (κ2) is 11.2. The predicted octanol–water partition coefficient (Wildman–Crippen LogP) is 5.57. The summed E-state index contributed by atoms with van der Waals surface area (Å²) in [5.41, 5.74) is 2.41. The molecule has 0 N–H and O–H groups in total. The molecule has 0 aliphatic heterocycles. The summed E-state index contributed by atoms with van der Waals surface area (Å²) in [5.74, 6) is 0.369. The zero-order valence-electron chi connectivity index (χ0n) is 18.6. The van der Waals surface area contributed by atoms with E-state index in [1.807, 2.05) is 13.0 Å². The average Bonchev–Trinajstić information content (AvgIpc) is 2.72. The molecular formula is C24H30N2O5. The van der Waals surface area contributed by atoms with Crippen LogP contribution in [-0.2, 0) is 6.54 Å². The molecule has 0 amide bonds. The van der Waals surface area contributed by atoms with E-state index in [1.54, 1.807) is 19.1 Å². The standard InChI is InChI=1S/C24H30N2O5/c1-6-14-30-23-22(31-15-13-18(5)10-8-9-17(3)4)20-12-11-19(26(28)29)16-21(20)25(7-2)24(23)27/h6,9,11-13,16H,1,7-8,10,14-15H2,2-5H3. The lowest BCUT2D eigenvalue weighted by Crippen LogP contribution is -2.23. The number of pyridine rings is 1. The van der Waals surface area contributed by atoms with Crippen molar-refractivity contribution in [2.24, 2.45) is 0 Å². The van der Waals surface area contributed by atoms with Crippen LogP contribution in [0.5, 0.6) is 11.5 Å². The molecule has 2 aromatic rings. The average molecular weight is 427 g/mol. The van der Waals surface area contributed by atoms with Crippen molar-refractivity contribution in [1.82, 2.24) is 4.57 Å². The van der Waals surface area contributed by atoms with Crippen LogP contribution in [-0.4, -0.2) is 22.7 Å². The number of non-ortho nitro benzene ring substituents is 1. The van der Waals surface area contributed by atoms with Gasteiger partial charge in [0.1, 0.15) is 13.2 Å². The van der Waals surface area contributed by atoms with Gasteiger partial charge in [0.05, 0.1) is 10.4 Å². The van der Waals surface area contributed by atoms with Gasteiger partial charge >= 0.3 is 0 Å². The summed E-state index contributed by atoms with van der Waals surface area (Å²) < 4.78 is 13.1. The highest BCUT2D eigenvalue weighted by Crippen LogP contribution is 2.34. The Kier molecular flexibility index (Phi) is 8.61. The van der Waals surface area contributed by atoms with Crippen molar-refractivity contribution in [3.63, 3.8) is 0 Å². The second-order valence-corrected chi connectivity index (χ2v) is 7.45. The number of hydrogen-bond acceptors (Lipinski definition) is 5. The van der Waals surface area contributed by atoms with Crippen LogP contribution in [0.1, 0.15) is 40.5 Å². The summed E-state index contributed by atoms with van der Waals surface area (Å²) >= 11 is 0. The van der Waals surface area contributed by atoms with Crippen LogP contribution >= 0.6 is 0 Å². The van der Waals surface area contributed by atoms with E-state index < -0.39 is 10.5 Å². The third-order valence-electron chi connectivity index (χ3n) is 4.79. The van der Waals surface area contributed by atoms with Crippen molar-refractivity contribution in [1.29, 1.82) is 0 Å². The van der Waals surface area contributed by atoms with E-state index in [2.05, 4.69) is 26.5 Å². The molecule has 0 saturated carbocycles. The number of benzene rings is 1. The largest absolute Gasteiger partial charge is 0.485 e. The lowest BCUT2D eigenvalue weighted by atomic mass is 10.1. The zero-order valence-corrected chi connectivity index (χ0v) is 18.6. The van der Waals surface area contributed by atoms with Crippen LogP contribution < -0.4 is 15.0 Å². The molecule has 7 nitrogen and oxygen atoms in total. The minimum absolute atomic E-state index is 0.0821. The molecule has 0 saturated heterocycles. The van der Waals surface area contributed by atoms with Crippen molar-refractivity contribution in [2.75, 3.05) is 13.2 Å². The maximum Gasteiger partial charge on any atom is 0.297 e. The molecule has 166 valence electrons. The minimum atomic E-state index is -0.481. The van der Waals surface area contributed by atoms with Crippen molar-refractivity contribution in [2.45, 2.75) is 47.1 Å². The van der Waals surface area contributed by atoms with Gasteiger partial charge in [0.15, 0.2) is 5.75 Å². The summed E-state index contributed by atoms with van der Waals surface area (Å²) in [7, 11) is 0. The molecule has 0 aliphatic carbocycles. The van der Waals surface area contributed by atoms with Crippen LogP contribution in [0.25, 0.3) is 10.9 Å². The van der Waals surface area contributed by atoms with E-state index in [9.17, 15) is 14.9 Å². The first-order valence-corrected chi connectivity index (χ1v) is 10.3.